The quantitative estimate of drug-likeness (QED) is 0.318. The van der Waals surface area contributed by atoms with Crippen LogP contribution >= 0.6 is 7.67 Å². The minimum atomic E-state index is -2.97. The van der Waals surface area contributed by atoms with Crippen LogP contribution in [0.5, 0.6) is 0 Å². The van der Waals surface area contributed by atoms with Crippen LogP contribution in [0.15, 0.2) is 30.9 Å². The molecule has 1 aromatic heterocycles. The Morgan fingerprint density at radius 2 is 1.96 bits per heavy atom. The van der Waals surface area contributed by atoms with Gasteiger partial charge < -0.3 is 0 Å². The third-order valence-electron chi connectivity index (χ3n) is 4.19. The van der Waals surface area contributed by atoms with Crippen LogP contribution in [-0.2, 0) is 9.09 Å². The van der Waals surface area contributed by atoms with Crippen LogP contribution < -0.4 is 0 Å². The molecule has 1 atom stereocenters. The Hall–Kier alpha value is -2.13. The first kappa shape index (κ1) is 16.3. The molecule has 0 aliphatic carbocycles. The zero-order valence-electron chi connectivity index (χ0n) is 13.6. The van der Waals surface area contributed by atoms with Crippen molar-refractivity contribution in [1.82, 2.24) is 24.1 Å². The van der Waals surface area contributed by atoms with Crippen molar-refractivity contribution in [3.05, 3.63) is 46.5 Å². The van der Waals surface area contributed by atoms with Gasteiger partial charge in [0.15, 0.2) is 0 Å². The van der Waals surface area contributed by atoms with E-state index in [1.807, 2.05) is 9.34 Å². The van der Waals surface area contributed by atoms with Gasteiger partial charge in [0.25, 0.3) is 5.69 Å². The second-order valence-electron chi connectivity index (χ2n) is 5.99. The Kier molecular flexibility index (Phi) is 3.92. The van der Waals surface area contributed by atoms with E-state index in [1.165, 1.54) is 23.4 Å². The molecule has 4 rings (SSSR count). The number of rotatable bonds is 7. The van der Waals surface area contributed by atoms with Gasteiger partial charge in [-0.1, -0.05) is 0 Å². The smallest absolute Gasteiger partial charge is 0.298 e. The molecule has 0 spiro atoms. The molecule has 0 bridgehead atoms. The number of aromatic nitrogens is 3. The molecule has 2 fully saturated rings. The van der Waals surface area contributed by atoms with Crippen molar-refractivity contribution in [3.63, 3.8) is 0 Å². The first-order valence-electron chi connectivity index (χ1n) is 7.91. The van der Waals surface area contributed by atoms with Crippen LogP contribution in [-0.4, -0.2) is 55.2 Å². The van der Waals surface area contributed by atoms with Crippen molar-refractivity contribution in [1.29, 1.82) is 0 Å². The van der Waals surface area contributed by atoms with Gasteiger partial charge in [0.2, 0.25) is 0 Å². The Labute approximate surface area is 143 Å². The van der Waals surface area contributed by atoms with Gasteiger partial charge >= 0.3 is 7.67 Å². The first-order chi connectivity index (χ1) is 12.0. The summed E-state index contributed by atoms with van der Waals surface area (Å²) < 4.78 is 24.0. The lowest BCUT2D eigenvalue weighted by Gasteiger charge is -2.24. The Morgan fingerprint density at radius 1 is 1.28 bits per heavy atom. The van der Waals surface area contributed by atoms with Crippen molar-refractivity contribution >= 4 is 13.4 Å². The summed E-state index contributed by atoms with van der Waals surface area (Å²) in [6.45, 7) is 4.87. The van der Waals surface area contributed by atoms with E-state index in [-0.39, 0.29) is 5.69 Å². The first-order valence-corrected chi connectivity index (χ1v) is 9.45. The summed E-state index contributed by atoms with van der Waals surface area (Å²) >= 11 is 0. The summed E-state index contributed by atoms with van der Waals surface area (Å²) in [5.41, 5.74) is 0.908. The molecule has 3 heterocycles. The molecular weight excluding hydrogens is 347 g/mol. The van der Waals surface area contributed by atoms with E-state index < -0.39 is 18.7 Å². The lowest BCUT2D eigenvalue weighted by Crippen LogP contribution is -2.11. The van der Waals surface area contributed by atoms with Crippen LogP contribution in [0.25, 0.3) is 5.69 Å². The maximum Gasteiger partial charge on any atom is 0.346 e. The van der Waals surface area contributed by atoms with Gasteiger partial charge in [0.1, 0.15) is 18.3 Å². The molecule has 0 N–H and O–H groups in total. The fourth-order valence-corrected chi connectivity index (χ4v) is 4.99. The molecule has 0 radical (unpaired) electrons. The van der Waals surface area contributed by atoms with Crippen LogP contribution in [0.2, 0.25) is 0 Å². The third kappa shape index (κ3) is 3.09. The molecule has 11 heteroatoms. The second-order valence-corrected chi connectivity index (χ2v) is 8.31. The number of nitro benzene ring substituents is 1. The average Bonchev–Trinajstić information content (AvgIpc) is 3.51. The fourth-order valence-electron chi connectivity index (χ4n) is 2.64. The lowest BCUT2D eigenvalue weighted by molar-refractivity contribution is -0.384. The van der Waals surface area contributed by atoms with Crippen LogP contribution in [0.4, 0.5) is 5.69 Å². The number of hydrogen-bond donors (Lipinski definition) is 0. The van der Waals surface area contributed by atoms with E-state index in [1.54, 1.807) is 19.1 Å². The normalized spacial score (nSPS) is 18.9. The van der Waals surface area contributed by atoms with E-state index in [9.17, 15) is 14.7 Å². The molecular formula is C14H17N6O4P. The van der Waals surface area contributed by atoms with E-state index in [4.69, 9.17) is 4.52 Å². The van der Waals surface area contributed by atoms with Gasteiger partial charge in [-0.3, -0.25) is 19.2 Å². The molecule has 2 aliphatic rings. The fraction of sp³-hybridized carbons (Fsp3) is 0.429. The number of hydrogen-bond acceptors (Lipinski definition) is 6. The van der Waals surface area contributed by atoms with Crippen LogP contribution in [0, 0.1) is 10.1 Å². The highest BCUT2D eigenvalue weighted by Crippen LogP contribution is 2.63. The maximum absolute atomic E-state index is 13.1. The van der Waals surface area contributed by atoms with Gasteiger partial charge in [-0.2, -0.15) is 5.10 Å². The van der Waals surface area contributed by atoms with Gasteiger partial charge in [-0.15, -0.1) is 0 Å². The van der Waals surface area contributed by atoms with Crippen molar-refractivity contribution in [2.75, 3.05) is 26.2 Å². The number of nitro groups is 1. The highest BCUT2D eigenvalue weighted by Gasteiger charge is 2.50. The Morgan fingerprint density at radius 3 is 2.48 bits per heavy atom. The minimum Gasteiger partial charge on any atom is -0.298 e. The molecule has 0 saturated carbocycles. The maximum atomic E-state index is 13.1. The van der Waals surface area contributed by atoms with E-state index in [0.717, 1.165) is 26.2 Å². The largest absolute Gasteiger partial charge is 0.346 e. The number of nitrogens with zero attached hydrogens (tertiary/aromatic N) is 6. The lowest BCUT2D eigenvalue weighted by atomic mass is 10.1. The highest BCUT2D eigenvalue weighted by molar-refractivity contribution is 7.54. The predicted octanol–water partition coefficient (Wildman–Crippen LogP) is 1.99. The summed E-state index contributed by atoms with van der Waals surface area (Å²) in [5, 5.41) is 15.2. The predicted molar refractivity (Wildman–Crippen MR) is 88.3 cm³/mol. The molecule has 1 unspecified atom stereocenters. The Balaban J connectivity index is 1.65. The van der Waals surface area contributed by atoms with Gasteiger partial charge in [0, 0.05) is 32.2 Å². The summed E-state index contributed by atoms with van der Waals surface area (Å²) in [5.74, 6) is 0. The third-order valence-corrected chi connectivity index (χ3v) is 7.01. The van der Waals surface area contributed by atoms with Crippen molar-refractivity contribution in [2.24, 2.45) is 0 Å². The van der Waals surface area contributed by atoms with E-state index in [0.29, 0.717) is 11.3 Å². The molecule has 1 aromatic carbocycles. The number of benzene rings is 1. The zero-order chi connectivity index (χ0) is 17.6. The molecule has 2 aliphatic heterocycles. The Bertz CT molecular complexity index is 833. The molecule has 25 heavy (non-hydrogen) atoms. The molecule has 10 nitrogen and oxygen atoms in total. The van der Waals surface area contributed by atoms with Crippen LogP contribution in [0.1, 0.15) is 18.6 Å². The van der Waals surface area contributed by atoms with Gasteiger partial charge in [-0.05, 0) is 24.6 Å². The van der Waals surface area contributed by atoms with Crippen LogP contribution in [0.3, 0.4) is 0 Å². The van der Waals surface area contributed by atoms with Crippen molar-refractivity contribution in [3.8, 4) is 5.69 Å². The second kappa shape index (κ2) is 5.99. The summed E-state index contributed by atoms with van der Waals surface area (Å²) in [7, 11) is -2.97. The van der Waals surface area contributed by atoms with Gasteiger partial charge in [-0.25, -0.2) is 19.0 Å². The standard InChI is InChI=1S/C14H17N6O4P/c1-11(24-25(23,17-4-5-17)18-6-7-18)12-2-3-13(20(21)22)14(8-12)19-10-15-9-16-19/h2-3,8-11H,4-7H2,1H3. The van der Waals surface area contributed by atoms with E-state index >= 15 is 0 Å². The minimum absolute atomic E-state index is 0.0819. The SMILES string of the molecule is CC(OP(=O)(N1CC1)N1CC1)c1ccc([N+](=O)[O-])c(-n2cncn2)c1. The summed E-state index contributed by atoms with van der Waals surface area (Å²) in [6.07, 6.45) is 2.23. The summed E-state index contributed by atoms with van der Waals surface area (Å²) in [4.78, 5) is 14.6. The summed E-state index contributed by atoms with van der Waals surface area (Å²) in [6, 6.07) is 4.66. The molecule has 2 aromatic rings. The topological polar surface area (TPSA) is 106 Å². The average molecular weight is 364 g/mol. The molecule has 132 valence electrons. The van der Waals surface area contributed by atoms with Gasteiger partial charge in [0.05, 0.1) is 11.0 Å². The van der Waals surface area contributed by atoms with Crippen molar-refractivity contribution < 1.29 is 14.0 Å². The zero-order valence-corrected chi connectivity index (χ0v) is 14.5. The van der Waals surface area contributed by atoms with Crippen molar-refractivity contribution in [2.45, 2.75) is 13.0 Å². The van der Waals surface area contributed by atoms with E-state index in [2.05, 4.69) is 10.1 Å². The molecule has 2 saturated heterocycles. The monoisotopic (exact) mass is 364 g/mol. The molecule has 0 amide bonds. The highest BCUT2D eigenvalue weighted by atomic mass is 31.2.